The average molecular weight is 328 g/mol. The number of halogens is 1. The van der Waals surface area contributed by atoms with E-state index in [4.69, 9.17) is 9.47 Å². The van der Waals surface area contributed by atoms with Crippen molar-refractivity contribution in [1.29, 1.82) is 5.26 Å². The van der Waals surface area contributed by atoms with Crippen LogP contribution in [0.15, 0.2) is 30.3 Å². The van der Waals surface area contributed by atoms with Crippen molar-refractivity contribution in [3.8, 4) is 17.6 Å². The molecule has 0 aliphatic carbocycles. The van der Waals surface area contributed by atoms with Gasteiger partial charge in [0, 0.05) is 24.2 Å². The van der Waals surface area contributed by atoms with Crippen molar-refractivity contribution in [2.45, 2.75) is 12.6 Å². The molecule has 24 heavy (non-hydrogen) atoms. The molecule has 5 nitrogen and oxygen atoms in total. The second kappa shape index (κ2) is 6.38. The molecule has 1 aliphatic heterocycles. The molecule has 1 atom stereocenters. The fourth-order valence-corrected chi connectivity index (χ4v) is 3.15. The number of aliphatic hydroxyl groups excluding tert-OH is 1. The summed E-state index contributed by atoms with van der Waals surface area (Å²) in [5.41, 5.74) is 1.86. The summed E-state index contributed by atoms with van der Waals surface area (Å²) in [5.74, 6) is 0.620. The van der Waals surface area contributed by atoms with Gasteiger partial charge in [0.05, 0.1) is 19.9 Å². The Hall–Kier alpha value is -2.78. The number of ether oxygens (including phenoxy) is 2. The highest BCUT2D eigenvalue weighted by Crippen LogP contribution is 2.41. The van der Waals surface area contributed by atoms with E-state index in [0.717, 1.165) is 5.56 Å². The Morgan fingerprint density at radius 2 is 1.92 bits per heavy atom. The molecule has 0 bridgehead atoms. The van der Waals surface area contributed by atoms with Crippen LogP contribution in [0.2, 0.25) is 0 Å². The highest BCUT2D eigenvalue weighted by molar-refractivity contribution is 5.63. The first-order valence-corrected chi connectivity index (χ1v) is 7.46. The quantitative estimate of drug-likeness (QED) is 0.938. The largest absolute Gasteiger partial charge is 0.496 e. The third kappa shape index (κ3) is 2.53. The molecule has 0 fully saturated rings. The molecular weight excluding hydrogens is 311 g/mol. The molecule has 2 aromatic rings. The fourth-order valence-electron chi connectivity index (χ4n) is 3.15. The number of aliphatic hydroxyl groups is 1. The molecule has 3 rings (SSSR count). The highest BCUT2D eigenvalue weighted by atomic mass is 19.1. The number of benzene rings is 2. The minimum atomic E-state index is -0.839. The van der Waals surface area contributed by atoms with Crippen molar-refractivity contribution in [3.63, 3.8) is 0 Å². The SMILES string of the molecule is COc1ccc(OC)c2c1CN(c1cccc(F)c1C#N)C[C@@H]2O. The number of hydrogen-bond donors (Lipinski definition) is 1. The Balaban J connectivity index is 2.10. The minimum Gasteiger partial charge on any atom is -0.496 e. The van der Waals surface area contributed by atoms with Gasteiger partial charge in [-0.2, -0.15) is 5.26 Å². The van der Waals surface area contributed by atoms with Crippen LogP contribution >= 0.6 is 0 Å². The van der Waals surface area contributed by atoms with Gasteiger partial charge in [0.25, 0.3) is 0 Å². The molecule has 0 saturated heterocycles. The summed E-state index contributed by atoms with van der Waals surface area (Å²) in [6, 6.07) is 9.89. The van der Waals surface area contributed by atoms with E-state index >= 15 is 0 Å². The van der Waals surface area contributed by atoms with Gasteiger partial charge in [0.1, 0.15) is 35.1 Å². The molecule has 0 spiro atoms. The molecule has 0 saturated carbocycles. The summed E-state index contributed by atoms with van der Waals surface area (Å²) < 4.78 is 24.6. The number of rotatable bonds is 3. The van der Waals surface area contributed by atoms with Crippen molar-refractivity contribution >= 4 is 5.69 Å². The Labute approximate surface area is 139 Å². The number of anilines is 1. The number of nitrogens with zero attached hydrogens (tertiary/aromatic N) is 2. The lowest BCUT2D eigenvalue weighted by atomic mass is 9.94. The smallest absolute Gasteiger partial charge is 0.143 e. The van der Waals surface area contributed by atoms with Gasteiger partial charge in [-0.05, 0) is 24.3 Å². The second-order valence-corrected chi connectivity index (χ2v) is 5.50. The van der Waals surface area contributed by atoms with Crippen molar-refractivity contribution in [1.82, 2.24) is 0 Å². The topological polar surface area (TPSA) is 65.7 Å². The van der Waals surface area contributed by atoms with E-state index in [2.05, 4.69) is 0 Å². The van der Waals surface area contributed by atoms with Gasteiger partial charge < -0.3 is 19.5 Å². The Morgan fingerprint density at radius 3 is 2.58 bits per heavy atom. The highest BCUT2D eigenvalue weighted by Gasteiger charge is 2.31. The number of fused-ring (bicyclic) bond motifs is 1. The van der Waals surface area contributed by atoms with Crippen LogP contribution in [0.4, 0.5) is 10.1 Å². The maximum Gasteiger partial charge on any atom is 0.143 e. The maximum absolute atomic E-state index is 13.9. The Morgan fingerprint density at radius 1 is 1.21 bits per heavy atom. The summed E-state index contributed by atoms with van der Waals surface area (Å²) in [6.07, 6.45) is -0.839. The number of β-amino-alcohol motifs (C(OH)–C–C–N with tert-alkyl or cyclic N) is 1. The lowest BCUT2D eigenvalue weighted by Crippen LogP contribution is -2.34. The molecule has 6 heteroatoms. The van der Waals surface area contributed by atoms with E-state index in [-0.39, 0.29) is 12.1 Å². The third-order valence-electron chi connectivity index (χ3n) is 4.23. The fraction of sp³-hybridized carbons (Fsp3) is 0.278. The second-order valence-electron chi connectivity index (χ2n) is 5.50. The first kappa shape index (κ1) is 16.1. The zero-order valence-electron chi connectivity index (χ0n) is 13.4. The van der Waals surface area contributed by atoms with Crippen LogP contribution in [-0.2, 0) is 6.54 Å². The van der Waals surface area contributed by atoms with Gasteiger partial charge in [0.2, 0.25) is 0 Å². The first-order chi connectivity index (χ1) is 11.6. The Kier molecular flexibility index (Phi) is 4.28. The molecule has 1 aliphatic rings. The summed E-state index contributed by atoms with van der Waals surface area (Å²) in [4.78, 5) is 1.77. The lowest BCUT2D eigenvalue weighted by Gasteiger charge is -2.35. The first-order valence-electron chi connectivity index (χ1n) is 7.46. The summed E-state index contributed by atoms with van der Waals surface area (Å²) in [6.45, 7) is 0.611. The molecule has 0 unspecified atom stereocenters. The van der Waals surface area contributed by atoms with Crippen molar-refractivity contribution in [3.05, 3.63) is 52.8 Å². The number of hydrogen-bond acceptors (Lipinski definition) is 5. The molecule has 0 radical (unpaired) electrons. The predicted molar refractivity (Wildman–Crippen MR) is 86.7 cm³/mol. The lowest BCUT2D eigenvalue weighted by molar-refractivity contribution is 0.169. The molecule has 1 heterocycles. The van der Waals surface area contributed by atoms with Gasteiger partial charge in [-0.15, -0.1) is 0 Å². The normalized spacial score (nSPS) is 16.3. The average Bonchev–Trinajstić information content (AvgIpc) is 2.60. The van der Waals surface area contributed by atoms with Crippen molar-refractivity contribution < 1.29 is 19.0 Å². The van der Waals surface area contributed by atoms with Crippen LogP contribution in [0, 0.1) is 17.1 Å². The Bertz CT molecular complexity index is 817. The van der Waals surface area contributed by atoms with Gasteiger partial charge in [0.15, 0.2) is 0 Å². The van der Waals surface area contributed by atoms with Gasteiger partial charge in [-0.25, -0.2) is 4.39 Å². The van der Waals surface area contributed by atoms with Crippen molar-refractivity contribution in [2.24, 2.45) is 0 Å². The molecular formula is C18H17FN2O3. The number of nitriles is 1. The van der Waals surface area contributed by atoms with Gasteiger partial charge in [-0.3, -0.25) is 0 Å². The van der Waals surface area contributed by atoms with Crippen LogP contribution in [0.3, 0.4) is 0 Å². The van der Waals surface area contributed by atoms with E-state index < -0.39 is 11.9 Å². The van der Waals surface area contributed by atoms with Crippen LogP contribution in [0.1, 0.15) is 22.8 Å². The summed E-state index contributed by atoms with van der Waals surface area (Å²) in [5, 5.41) is 19.9. The van der Waals surface area contributed by atoms with Crippen LogP contribution in [0.5, 0.6) is 11.5 Å². The molecule has 0 aromatic heterocycles. The standard InChI is InChI=1S/C18H17FN2O3/c1-23-16-6-7-17(24-2)18-12(16)9-21(10-15(18)22)14-5-3-4-13(19)11(14)8-20/h3-7,15,22H,9-10H2,1-2H3/t15-/m0/s1. The molecule has 124 valence electrons. The molecule has 1 N–H and O–H groups in total. The van der Waals surface area contributed by atoms with E-state index in [1.165, 1.54) is 6.07 Å². The van der Waals surface area contributed by atoms with E-state index in [1.807, 2.05) is 6.07 Å². The van der Waals surface area contributed by atoms with Crippen LogP contribution in [0.25, 0.3) is 0 Å². The zero-order chi connectivity index (χ0) is 17.3. The minimum absolute atomic E-state index is 0.0324. The zero-order valence-corrected chi connectivity index (χ0v) is 13.4. The number of methoxy groups -OCH3 is 2. The third-order valence-corrected chi connectivity index (χ3v) is 4.23. The van der Waals surface area contributed by atoms with E-state index in [1.54, 1.807) is 43.4 Å². The van der Waals surface area contributed by atoms with E-state index in [0.29, 0.717) is 29.3 Å². The van der Waals surface area contributed by atoms with Gasteiger partial charge >= 0.3 is 0 Å². The molecule has 0 amide bonds. The molecule has 2 aromatic carbocycles. The summed E-state index contributed by atoms with van der Waals surface area (Å²) in [7, 11) is 3.10. The van der Waals surface area contributed by atoms with E-state index in [9.17, 15) is 14.8 Å². The van der Waals surface area contributed by atoms with Crippen LogP contribution in [-0.4, -0.2) is 25.9 Å². The summed E-state index contributed by atoms with van der Waals surface area (Å²) >= 11 is 0. The predicted octanol–water partition coefficient (Wildman–Crippen LogP) is 2.77. The maximum atomic E-state index is 13.9. The monoisotopic (exact) mass is 328 g/mol. The van der Waals surface area contributed by atoms with Crippen LogP contribution < -0.4 is 14.4 Å². The van der Waals surface area contributed by atoms with Gasteiger partial charge in [-0.1, -0.05) is 6.07 Å². The van der Waals surface area contributed by atoms with Crippen molar-refractivity contribution in [2.75, 3.05) is 25.7 Å².